The van der Waals surface area contributed by atoms with Gasteiger partial charge < -0.3 is 5.73 Å². The van der Waals surface area contributed by atoms with Crippen molar-refractivity contribution in [3.05, 3.63) is 22.2 Å². The number of amides is 2. The zero-order chi connectivity index (χ0) is 20.5. The van der Waals surface area contributed by atoms with Gasteiger partial charge in [0.2, 0.25) is 11.8 Å². The van der Waals surface area contributed by atoms with Crippen molar-refractivity contribution in [1.82, 2.24) is 14.9 Å². The van der Waals surface area contributed by atoms with Crippen molar-refractivity contribution >= 4 is 86.4 Å². The SMILES string of the molecule is [B]c1cc(N)c2c(=O)n(C3C(=O)NC(=O)C([B])([B])C3([B])[B])c(C)nc2c1[B]. The first-order chi connectivity index (χ1) is 12.3. The van der Waals surface area contributed by atoms with E-state index in [4.69, 9.17) is 52.8 Å². The molecule has 1 saturated heterocycles. The van der Waals surface area contributed by atoms with Crippen LogP contribution in [0.25, 0.3) is 10.9 Å². The van der Waals surface area contributed by atoms with Gasteiger partial charge in [-0.1, -0.05) is 16.1 Å². The zero-order valence-electron chi connectivity index (χ0n) is 14.3. The van der Waals surface area contributed by atoms with E-state index >= 15 is 0 Å². The molecule has 1 unspecified atom stereocenters. The summed E-state index contributed by atoms with van der Waals surface area (Å²) in [5.74, 6) is -2.04. The number of benzene rings is 1. The molecule has 120 valence electrons. The second-order valence-electron chi connectivity index (χ2n) is 6.55. The summed E-state index contributed by atoms with van der Waals surface area (Å²) in [5, 5.41) is -2.79. The van der Waals surface area contributed by atoms with E-state index in [0.29, 0.717) is 0 Å². The minimum atomic E-state index is -2.35. The number of nitrogen functional groups attached to an aromatic ring is 1. The van der Waals surface area contributed by atoms with Gasteiger partial charge in [-0.2, -0.15) is 0 Å². The van der Waals surface area contributed by atoms with E-state index in [2.05, 4.69) is 4.98 Å². The summed E-state index contributed by atoms with van der Waals surface area (Å²) in [4.78, 5) is 41.8. The molecule has 0 saturated carbocycles. The molecular weight excluding hydrogens is 337 g/mol. The Balaban J connectivity index is 2.40. The molecular formula is C14H8B6N4O3. The third kappa shape index (κ3) is 2.51. The van der Waals surface area contributed by atoms with Gasteiger partial charge in [0, 0.05) is 5.69 Å². The molecule has 0 bridgehead atoms. The fraction of sp³-hybridized carbons (Fsp3) is 0.286. The van der Waals surface area contributed by atoms with E-state index in [1.165, 1.54) is 13.0 Å². The van der Waals surface area contributed by atoms with Gasteiger partial charge in [-0.15, -0.1) is 0 Å². The maximum atomic E-state index is 13.1. The zero-order valence-corrected chi connectivity index (χ0v) is 14.3. The molecule has 3 rings (SSSR count). The molecule has 12 radical (unpaired) electrons. The predicted octanol–water partition coefficient (Wildman–Crippen LogP) is -4.02. The highest BCUT2D eigenvalue weighted by Gasteiger charge is 2.54. The van der Waals surface area contributed by atoms with Crippen LogP contribution in [0.5, 0.6) is 0 Å². The average Bonchev–Trinajstić information content (AvgIpc) is 2.53. The van der Waals surface area contributed by atoms with Crippen LogP contribution in [0.4, 0.5) is 5.69 Å². The number of imide groups is 1. The number of piperidine rings is 1. The quantitative estimate of drug-likeness (QED) is 0.311. The molecule has 1 fully saturated rings. The Morgan fingerprint density at radius 2 is 1.78 bits per heavy atom. The Labute approximate surface area is 162 Å². The third-order valence-corrected chi connectivity index (χ3v) is 4.75. The molecule has 3 N–H and O–H groups in total. The van der Waals surface area contributed by atoms with E-state index < -0.39 is 33.8 Å². The Morgan fingerprint density at radius 3 is 2.37 bits per heavy atom. The number of aromatic nitrogens is 2. The second kappa shape index (κ2) is 5.84. The van der Waals surface area contributed by atoms with Crippen LogP contribution in [-0.4, -0.2) is 68.4 Å². The van der Waals surface area contributed by atoms with E-state index in [1.807, 2.05) is 5.32 Å². The Bertz CT molecular complexity index is 1080. The number of nitrogens with two attached hydrogens (primary N) is 1. The minimum Gasteiger partial charge on any atom is -0.398 e. The predicted molar refractivity (Wildman–Crippen MR) is 107 cm³/mol. The molecule has 7 nitrogen and oxygen atoms in total. The van der Waals surface area contributed by atoms with Crippen LogP contribution < -0.4 is 27.5 Å². The molecule has 2 amide bonds. The van der Waals surface area contributed by atoms with Crippen molar-refractivity contribution in [3.63, 3.8) is 0 Å². The monoisotopic (exact) mass is 346 g/mol. The number of aryl methyl sites for hydroxylation is 1. The van der Waals surface area contributed by atoms with Gasteiger partial charge in [-0.05, 0) is 18.2 Å². The van der Waals surface area contributed by atoms with Crippen molar-refractivity contribution in [2.45, 2.75) is 23.4 Å². The number of hydrogen-bond donors (Lipinski definition) is 2. The number of carbonyl (C=O) groups is 2. The fourth-order valence-electron chi connectivity index (χ4n) is 3.11. The summed E-state index contributed by atoms with van der Waals surface area (Å²) < 4.78 is 0.880. The number of nitrogens with one attached hydrogen (secondary N) is 1. The lowest BCUT2D eigenvalue weighted by molar-refractivity contribution is -0.137. The van der Waals surface area contributed by atoms with E-state index in [1.54, 1.807) is 0 Å². The smallest absolute Gasteiger partial charge is 0.264 e. The van der Waals surface area contributed by atoms with Gasteiger partial charge in [0.25, 0.3) is 5.56 Å². The van der Waals surface area contributed by atoms with Gasteiger partial charge in [-0.25, -0.2) is 4.98 Å². The number of rotatable bonds is 1. The number of carbonyl (C=O) groups excluding carboxylic acids is 2. The molecule has 13 heteroatoms. The molecule has 1 aromatic carbocycles. The maximum absolute atomic E-state index is 13.1. The number of nitrogens with zero attached hydrogens (tertiary/aromatic N) is 2. The third-order valence-electron chi connectivity index (χ3n) is 4.75. The minimum absolute atomic E-state index is 0.00905. The molecule has 1 aromatic heterocycles. The summed E-state index contributed by atoms with van der Waals surface area (Å²) in [7, 11) is 35.1. The van der Waals surface area contributed by atoms with Gasteiger partial charge in [-0.3, -0.25) is 24.3 Å². The molecule has 0 spiro atoms. The lowest BCUT2D eigenvalue weighted by Gasteiger charge is -2.51. The van der Waals surface area contributed by atoms with Crippen LogP contribution >= 0.6 is 0 Å². The Hall–Kier alpha value is -2.31. The Kier molecular flexibility index (Phi) is 4.21. The largest absolute Gasteiger partial charge is 0.398 e. The highest BCUT2D eigenvalue weighted by molar-refractivity contribution is 6.63. The van der Waals surface area contributed by atoms with Crippen LogP contribution in [0, 0.1) is 6.92 Å². The van der Waals surface area contributed by atoms with Crippen molar-refractivity contribution in [2.75, 3.05) is 5.73 Å². The fourth-order valence-corrected chi connectivity index (χ4v) is 3.11. The summed E-state index contributed by atoms with van der Waals surface area (Å²) in [6.45, 7) is 1.41. The maximum Gasteiger partial charge on any atom is 0.264 e. The highest BCUT2D eigenvalue weighted by Crippen LogP contribution is 2.52. The second-order valence-corrected chi connectivity index (χ2v) is 6.55. The summed E-state index contributed by atoms with van der Waals surface area (Å²) in [5.41, 5.74) is 5.36. The van der Waals surface area contributed by atoms with Crippen LogP contribution in [-0.2, 0) is 9.59 Å². The van der Waals surface area contributed by atoms with Crippen LogP contribution in [0.1, 0.15) is 11.9 Å². The topological polar surface area (TPSA) is 107 Å². The van der Waals surface area contributed by atoms with Crippen molar-refractivity contribution in [2.24, 2.45) is 0 Å². The standard InChI is InChI=1S/C14H8B6N4O3/c1-3-22-8-6(5(21)2-4(15)7(8)16)11(26)24(3)9-10(25)23-12(27)14(19,20)13(9,17)18/h2,9H,21H2,1H3,(H,23,25,27). The van der Waals surface area contributed by atoms with Gasteiger partial charge in [0.1, 0.15) is 27.6 Å². The first-order valence-corrected chi connectivity index (χ1v) is 7.69. The first-order valence-electron chi connectivity index (χ1n) is 7.69. The van der Waals surface area contributed by atoms with Gasteiger partial charge in [0.05, 0.1) is 42.3 Å². The number of fused-ring (bicyclic) bond motifs is 1. The van der Waals surface area contributed by atoms with Crippen LogP contribution in [0.2, 0.25) is 10.4 Å². The normalized spacial score (nSPS) is 21.1. The van der Waals surface area contributed by atoms with E-state index in [-0.39, 0.29) is 33.3 Å². The van der Waals surface area contributed by atoms with Crippen molar-refractivity contribution < 1.29 is 9.59 Å². The first kappa shape index (κ1) is 19.5. The van der Waals surface area contributed by atoms with Crippen molar-refractivity contribution in [3.8, 4) is 0 Å². The lowest BCUT2D eigenvalue weighted by Crippen LogP contribution is -2.61. The number of hydrogen-bond acceptors (Lipinski definition) is 5. The summed E-state index contributed by atoms with van der Waals surface area (Å²) in [6.07, 6.45) is 0. The molecule has 1 aliphatic rings. The summed E-state index contributed by atoms with van der Waals surface area (Å²) in [6, 6.07) is -0.355. The molecule has 2 aromatic rings. The molecule has 1 aliphatic heterocycles. The number of anilines is 1. The molecule has 2 heterocycles. The van der Waals surface area contributed by atoms with E-state index in [9.17, 15) is 14.4 Å². The Morgan fingerprint density at radius 1 is 1.19 bits per heavy atom. The van der Waals surface area contributed by atoms with E-state index in [0.717, 1.165) is 4.57 Å². The highest BCUT2D eigenvalue weighted by atomic mass is 16.2. The van der Waals surface area contributed by atoms with Gasteiger partial charge >= 0.3 is 0 Å². The van der Waals surface area contributed by atoms with Crippen LogP contribution in [0.15, 0.2) is 10.9 Å². The lowest BCUT2D eigenvalue weighted by atomic mass is 9.26. The molecule has 0 aliphatic carbocycles. The average molecular weight is 345 g/mol. The van der Waals surface area contributed by atoms with Crippen molar-refractivity contribution in [1.29, 1.82) is 0 Å². The molecule has 1 atom stereocenters. The van der Waals surface area contributed by atoms with Gasteiger partial charge in [0.15, 0.2) is 0 Å². The van der Waals surface area contributed by atoms with Crippen LogP contribution in [0.3, 0.4) is 0 Å². The molecule has 27 heavy (non-hydrogen) atoms. The summed E-state index contributed by atoms with van der Waals surface area (Å²) >= 11 is 0.